The lowest BCUT2D eigenvalue weighted by Gasteiger charge is -2.59. The van der Waals surface area contributed by atoms with Crippen LogP contribution in [0.3, 0.4) is 0 Å². The quantitative estimate of drug-likeness (QED) is 0.606. The molecule has 7 nitrogen and oxygen atoms in total. The number of carbonyl (C=O) groups excluding carboxylic acids is 1. The SMILES string of the molecule is Cc1ccc(-c2c3c(nc4ncnn24)[C@@]2(C)CCC4C(CC[C@H]5NC(=O)CC[C@]45C)C2C3)o1. The van der Waals surface area contributed by atoms with E-state index >= 15 is 0 Å². The van der Waals surface area contributed by atoms with Gasteiger partial charge in [0, 0.05) is 23.4 Å². The summed E-state index contributed by atoms with van der Waals surface area (Å²) in [5.74, 6) is 4.51. The molecule has 7 heteroatoms. The van der Waals surface area contributed by atoms with Gasteiger partial charge >= 0.3 is 0 Å². The first-order valence-electron chi connectivity index (χ1n) is 12.5. The van der Waals surface area contributed by atoms with Crippen LogP contribution in [-0.2, 0) is 16.6 Å². The Morgan fingerprint density at radius 2 is 2.03 bits per heavy atom. The number of amides is 1. The number of aryl methyl sites for hydroxylation is 1. The molecule has 3 aromatic heterocycles. The van der Waals surface area contributed by atoms with Crippen molar-refractivity contribution in [2.24, 2.45) is 23.2 Å². The van der Waals surface area contributed by atoms with E-state index in [2.05, 4.69) is 35.3 Å². The van der Waals surface area contributed by atoms with Crippen LogP contribution in [0.1, 0.15) is 69.4 Å². The second-order valence-electron chi connectivity index (χ2n) is 11.4. The summed E-state index contributed by atoms with van der Waals surface area (Å²) in [7, 11) is 0. The first-order chi connectivity index (χ1) is 15.9. The number of nitrogens with one attached hydrogen (secondary N) is 1. The van der Waals surface area contributed by atoms with Gasteiger partial charge in [0.15, 0.2) is 5.76 Å². The zero-order chi connectivity index (χ0) is 22.5. The largest absolute Gasteiger partial charge is 0.460 e. The minimum atomic E-state index is 0.0434. The molecule has 0 spiro atoms. The van der Waals surface area contributed by atoms with E-state index in [1.807, 2.05) is 17.5 Å². The van der Waals surface area contributed by atoms with Gasteiger partial charge in [-0.2, -0.15) is 14.6 Å². The van der Waals surface area contributed by atoms with Crippen molar-refractivity contribution >= 4 is 11.7 Å². The number of piperidine rings is 1. The third-order valence-electron chi connectivity index (χ3n) is 9.95. The number of aromatic nitrogens is 4. The zero-order valence-electron chi connectivity index (χ0n) is 19.6. The molecule has 33 heavy (non-hydrogen) atoms. The van der Waals surface area contributed by atoms with E-state index in [0.717, 1.165) is 42.9 Å². The molecule has 172 valence electrons. The topological polar surface area (TPSA) is 85.3 Å². The predicted octanol–water partition coefficient (Wildman–Crippen LogP) is 4.23. The molecule has 3 aromatic rings. The number of carbonyl (C=O) groups is 1. The molecular formula is C26H31N5O2. The highest BCUT2D eigenvalue weighted by Crippen LogP contribution is 2.63. The second kappa shape index (κ2) is 6.45. The van der Waals surface area contributed by atoms with Crippen molar-refractivity contribution in [1.82, 2.24) is 24.9 Å². The average Bonchev–Trinajstić information content (AvgIpc) is 3.50. The number of hydrogen-bond donors (Lipinski definition) is 1. The maximum atomic E-state index is 12.1. The summed E-state index contributed by atoms with van der Waals surface area (Å²) in [4.78, 5) is 21.7. The number of furan rings is 1. The van der Waals surface area contributed by atoms with Gasteiger partial charge in [-0.25, -0.2) is 4.98 Å². The summed E-state index contributed by atoms with van der Waals surface area (Å²) in [6.45, 7) is 6.87. The van der Waals surface area contributed by atoms with Crippen molar-refractivity contribution in [2.75, 3.05) is 0 Å². The van der Waals surface area contributed by atoms with Gasteiger partial charge in [0.05, 0.1) is 5.69 Å². The van der Waals surface area contributed by atoms with Crippen LogP contribution in [0.5, 0.6) is 0 Å². The molecule has 7 rings (SSSR count). The van der Waals surface area contributed by atoms with Gasteiger partial charge in [0.2, 0.25) is 5.91 Å². The van der Waals surface area contributed by atoms with Crippen molar-refractivity contribution in [3.05, 3.63) is 35.5 Å². The Morgan fingerprint density at radius 1 is 1.15 bits per heavy atom. The van der Waals surface area contributed by atoms with Gasteiger partial charge in [0.1, 0.15) is 17.8 Å². The van der Waals surface area contributed by atoms with Crippen molar-refractivity contribution in [2.45, 2.75) is 77.2 Å². The van der Waals surface area contributed by atoms with Crippen LogP contribution in [-0.4, -0.2) is 31.5 Å². The van der Waals surface area contributed by atoms with Gasteiger partial charge in [-0.05, 0) is 80.8 Å². The molecule has 0 radical (unpaired) electrons. The lowest BCUT2D eigenvalue weighted by atomic mass is 9.47. The molecule has 3 fully saturated rings. The predicted molar refractivity (Wildman–Crippen MR) is 122 cm³/mol. The summed E-state index contributed by atoms with van der Waals surface area (Å²) < 4.78 is 7.97. The molecule has 0 aromatic carbocycles. The average molecular weight is 446 g/mol. The lowest BCUT2D eigenvalue weighted by molar-refractivity contribution is -0.134. The number of hydrogen-bond acceptors (Lipinski definition) is 5. The van der Waals surface area contributed by atoms with Gasteiger partial charge in [-0.3, -0.25) is 4.79 Å². The fourth-order valence-corrected chi connectivity index (χ4v) is 8.27. The van der Waals surface area contributed by atoms with Crippen LogP contribution < -0.4 is 5.32 Å². The van der Waals surface area contributed by atoms with Crippen LogP contribution in [0.25, 0.3) is 17.2 Å². The van der Waals surface area contributed by atoms with Gasteiger partial charge in [-0.1, -0.05) is 13.8 Å². The van der Waals surface area contributed by atoms with E-state index in [4.69, 9.17) is 9.40 Å². The monoisotopic (exact) mass is 445 g/mol. The van der Waals surface area contributed by atoms with Crippen LogP contribution >= 0.6 is 0 Å². The van der Waals surface area contributed by atoms with Gasteiger partial charge in [-0.15, -0.1) is 0 Å². The van der Waals surface area contributed by atoms with Crippen molar-refractivity contribution < 1.29 is 9.21 Å². The molecular weight excluding hydrogens is 414 g/mol. The summed E-state index contributed by atoms with van der Waals surface area (Å²) in [5.41, 5.74) is 3.77. The van der Waals surface area contributed by atoms with E-state index in [1.54, 1.807) is 6.33 Å². The highest BCUT2D eigenvalue weighted by atomic mass is 16.3. The highest BCUT2D eigenvalue weighted by molar-refractivity contribution is 5.77. The van der Waals surface area contributed by atoms with Crippen LogP contribution in [0.15, 0.2) is 22.9 Å². The van der Waals surface area contributed by atoms with Crippen LogP contribution in [0, 0.1) is 30.1 Å². The smallest absolute Gasteiger partial charge is 0.253 e. The molecule has 1 saturated heterocycles. The number of nitrogens with zero attached hydrogens (tertiary/aromatic N) is 4. The van der Waals surface area contributed by atoms with Gasteiger partial charge < -0.3 is 9.73 Å². The Kier molecular flexibility index (Phi) is 3.86. The summed E-state index contributed by atoms with van der Waals surface area (Å²) >= 11 is 0. The van der Waals surface area contributed by atoms with Gasteiger partial charge in [0.25, 0.3) is 5.78 Å². The summed E-state index contributed by atoms with van der Waals surface area (Å²) in [5, 5.41) is 7.86. The van der Waals surface area contributed by atoms with Crippen molar-refractivity contribution in [1.29, 1.82) is 0 Å². The maximum Gasteiger partial charge on any atom is 0.253 e. The van der Waals surface area contributed by atoms with Crippen LogP contribution in [0.2, 0.25) is 0 Å². The van der Waals surface area contributed by atoms with E-state index < -0.39 is 0 Å². The van der Waals surface area contributed by atoms with E-state index in [1.165, 1.54) is 24.1 Å². The Balaban J connectivity index is 1.35. The summed E-state index contributed by atoms with van der Waals surface area (Å²) in [6, 6.07) is 4.40. The molecule has 1 amide bonds. The fourth-order valence-electron chi connectivity index (χ4n) is 8.27. The summed E-state index contributed by atoms with van der Waals surface area (Å²) in [6.07, 6.45) is 8.91. The Bertz CT molecular complexity index is 1290. The second-order valence-corrected chi connectivity index (χ2v) is 11.4. The molecule has 6 atom stereocenters. The maximum absolute atomic E-state index is 12.1. The standard InChI is InChI=1S/C26H31N5O2/c1-14-4-6-19(33-14)22-16-12-18-15-5-7-20-25(2,11-9-21(32)29-20)17(15)8-10-26(18,3)23(16)30-24-27-13-28-31(22)24/h4,6,13,15,17-18,20H,5,7-12H2,1-3H3,(H,29,32)/t15?,17?,18?,20-,25-,26+/m1/s1. The van der Waals surface area contributed by atoms with E-state index in [9.17, 15) is 4.79 Å². The minimum absolute atomic E-state index is 0.0434. The van der Waals surface area contributed by atoms with Crippen molar-refractivity contribution in [3.8, 4) is 11.5 Å². The molecule has 3 aliphatic carbocycles. The highest BCUT2D eigenvalue weighted by Gasteiger charge is 2.60. The first-order valence-corrected chi connectivity index (χ1v) is 12.5. The van der Waals surface area contributed by atoms with Crippen molar-refractivity contribution in [3.63, 3.8) is 0 Å². The van der Waals surface area contributed by atoms with E-state index in [0.29, 0.717) is 36.0 Å². The Morgan fingerprint density at radius 3 is 2.85 bits per heavy atom. The molecule has 0 bridgehead atoms. The van der Waals surface area contributed by atoms with E-state index in [-0.39, 0.29) is 16.7 Å². The number of fused-ring (bicyclic) bond motifs is 8. The number of rotatable bonds is 1. The zero-order valence-corrected chi connectivity index (χ0v) is 19.6. The molecule has 4 heterocycles. The molecule has 3 unspecified atom stereocenters. The molecule has 4 aliphatic rings. The lowest BCUT2D eigenvalue weighted by Crippen LogP contribution is -2.61. The Labute approximate surface area is 193 Å². The third-order valence-corrected chi connectivity index (χ3v) is 9.95. The van der Waals surface area contributed by atoms with Crippen LogP contribution in [0.4, 0.5) is 0 Å². The molecule has 2 saturated carbocycles. The first kappa shape index (κ1) is 19.7. The fraction of sp³-hybridized carbons (Fsp3) is 0.615. The minimum Gasteiger partial charge on any atom is -0.460 e. The molecule has 1 aliphatic heterocycles. The normalized spacial score (nSPS) is 37.2. The Hall–Kier alpha value is -2.70. The third kappa shape index (κ3) is 2.51. The molecule has 1 N–H and O–H groups in total.